The number of rotatable bonds is 9. The van der Waals surface area contributed by atoms with E-state index in [0.29, 0.717) is 23.0 Å². The average Bonchev–Trinajstić information content (AvgIpc) is 2.70. The number of nitriles is 1. The van der Waals surface area contributed by atoms with Crippen molar-refractivity contribution in [3.05, 3.63) is 54.1 Å². The highest BCUT2D eigenvalue weighted by Crippen LogP contribution is 2.40. The van der Waals surface area contributed by atoms with Crippen LogP contribution in [0.3, 0.4) is 0 Å². The molecule has 0 heterocycles. The molecule has 1 amide bonds. The van der Waals surface area contributed by atoms with Crippen LogP contribution in [0.4, 0.5) is 22.0 Å². The number of carbonyl (C=O) groups excluding carboxylic acids is 1. The van der Waals surface area contributed by atoms with E-state index >= 15 is 0 Å². The van der Waals surface area contributed by atoms with Gasteiger partial charge in [-0.3, -0.25) is 9.69 Å². The van der Waals surface area contributed by atoms with Crippen LogP contribution in [-0.4, -0.2) is 50.2 Å². The molecule has 0 aromatic heterocycles. The molecule has 34 heavy (non-hydrogen) atoms. The minimum atomic E-state index is -5.02. The van der Waals surface area contributed by atoms with Crippen molar-refractivity contribution >= 4 is 15.7 Å². The lowest BCUT2D eigenvalue weighted by atomic mass is 9.97. The first kappa shape index (κ1) is 27.2. The monoisotopic (exact) mass is 503 g/mol. The molecule has 0 radical (unpaired) electrons. The van der Waals surface area contributed by atoms with Crippen molar-refractivity contribution in [3.63, 3.8) is 0 Å². The molecule has 2 rings (SSSR count). The topological polar surface area (TPSA) is 104 Å². The van der Waals surface area contributed by atoms with Gasteiger partial charge in [0.05, 0.1) is 23.6 Å². The molecule has 0 fully saturated rings. The summed E-state index contributed by atoms with van der Waals surface area (Å²) in [6, 6.07) is 7.45. The number of primary amides is 1. The lowest BCUT2D eigenvalue weighted by molar-refractivity contribution is -0.194. The van der Waals surface area contributed by atoms with Gasteiger partial charge in [0.25, 0.3) is 0 Å². The molecule has 6 nitrogen and oxygen atoms in total. The van der Waals surface area contributed by atoms with Crippen LogP contribution in [0.5, 0.6) is 0 Å². The van der Waals surface area contributed by atoms with Gasteiger partial charge in [-0.15, -0.1) is 0 Å². The van der Waals surface area contributed by atoms with E-state index in [1.54, 1.807) is 0 Å². The highest BCUT2D eigenvalue weighted by atomic mass is 32.2. The zero-order valence-corrected chi connectivity index (χ0v) is 19.0. The average molecular weight is 503 g/mol. The summed E-state index contributed by atoms with van der Waals surface area (Å²) in [7, 11) is -3.43. The summed E-state index contributed by atoms with van der Waals surface area (Å²) in [4.78, 5) is 12.2. The summed E-state index contributed by atoms with van der Waals surface area (Å²) in [5.41, 5.74) is 5.75. The van der Waals surface area contributed by atoms with Gasteiger partial charge < -0.3 is 5.73 Å². The molecule has 0 saturated heterocycles. The molecule has 0 bridgehead atoms. The Morgan fingerprint density at radius 1 is 1.03 bits per heavy atom. The maximum Gasteiger partial charge on any atom is 0.408 e. The van der Waals surface area contributed by atoms with Crippen LogP contribution < -0.4 is 5.73 Å². The molecule has 2 N–H and O–H groups in total. The summed E-state index contributed by atoms with van der Waals surface area (Å²) in [5.74, 6) is -4.92. The van der Waals surface area contributed by atoms with E-state index in [4.69, 9.17) is 11.0 Å². The molecule has 0 unspecified atom stereocenters. The Hall–Kier alpha value is -3.04. The Labute approximate surface area is 193 Å². The Bertz CT molecular complexity index is 1150. The minimum Gasteiger partial charge on any atom is -0.368 e. The van der Waals surface area contributed by atoms with E-state index < -0.39 is 52.9 Å². The predicted octanol–water partition coefficient (Wildman–Crippen LogP) is 4.09. The summed E-state index contributed by atoms with van der Waals surface area (Å²) in [6.45, 7) is -0.525. The van der Waals surface area contributed by atoms with Crippen LogP contribution >= 0.6 is 0 Å². The van der Waals surface area contributed by atoms with E-state index in [1.165, 1.54) is 42.5 Å². The third kappa shape index (κ3) is 6.98. The standard InChI is InChI=1S/C22H22F5N3O3S/c1-21(23,24)13-18(20(29)31)30(12-11-28)19(22(25,26)27)16-5-3-14(4-6-16)15-7-9-17(10-8-15)34(2,32)33/h3-10,18-19H,12-13H2,1-2H3,(H2,29,31)/t18-,19-/m0/s1. The van der Waals surface area contributed by atoms with Gasteiger partial charge >= 0.3 is 6.18 Å². The molecule has 184 valence electrons. The van der Waals surface area contributed by atoms with Crippen molar-refractivity contribution in [2.75, 3.05) is 12.8 Å². The number of nitrogens with two attached hydrogens (primary N) is 1. The summed E-state index contributed by atoms with van der Waals surface area (Å²) in [6.07, 6.45) is -5.28. The van der Waals surface area contributed by atoms with Crippen LogP contribution in [0.15, 0.2) is 53.4 Å². The molecule has 0 aliphatic rings. The van der Waals surface area contributed by atoms with Crippen LogP contribution in [-0.2, 0) is 14.6 Å². The van der Waals surface area contributed by atoms with Gasteiger partial charge in [-0.25, -0.2) is 17.2 Å². The number of sulfone groups is 1. The van der Waals surface area contributed by atoms with Crippen molar-refractivity contribution in [2.45, 2.75) is 42.4 Å². The Morgan fingerprint density at radius 3 is 1.85 bits per heavy atom. The smallest absolute Gasteiger partial charge is 0.368 e. The van der Waals surface area contributed by atoms with Gasteiger partial charge in [-0.1, -0.05) is 36.4 Å². The third-order valence-electron chi connectivity index (χ3n) is 5.02. The van der Waals surface area contributed by atoms with Crippen molar-refractivity contribution in [2.24, 2.45) is 5.73 Å². The molecule has 2 aromatic rings. The first-order valence-electron chi connectivity index (χ1n) is 9.81. The number of hydrogen-bond acceptors (Lipinski definition) is 5. The molecule has 0 aliphatic carbocycles. The van der Waals surface area contributed by atoms with Gasteiger partial charge in [0.2, 0.25) is 11.8 Å². The molecule has 2 aromatic carbocycles. The van der Waals surface area contributed by atoms with Gasteiger partial charge in [0.1, 0.15) is 6.04 Å². The number of alkyl halides is 5. The highest BCUT2D eigenvalue weighted by Gasteiger charge is 2.49. The second kappa shape index (κ2) is 10.1. The molecule has 0 saturated carbocycles. The SMILES string of the molecule is CC(F)(F)C[C@@H](C(N)=O)N(CC#N)[C@@H](c1ccc(-c2ccc(S(C)(=O)=O)cc2)cc1)C(F)(F)F. The fraction of sp³-hybridized carbons (Fsp3) is 0.364. The molecule has 12 heteroatoms. The van der Waals surface area contributed by atoms with E-state index in [1.807, 2.05) is 0 Å². The first-order valence-corrected chi connectivity index (χ1v) is 11.7. The number of amides is 1. The minimum absolute atomic E-state index is 0.0716. The van der Waals surface area contributed by atoms with Crippen LogP contribution in [0.2, 0.25) is 0 Å². The van der Waals surface area contributed by atoms with Gasteiger partial charge in [-0.05, 0) is 35.7 Å². The lowest BCUT2D eigenvalue weighted by Crippen LogP contribution is -2.52. The van der Waals surface area contributed by atoms with E-state index in [0.717, 1.165) is 18.4 Å². The van der Waals surface area contributed by atoms with Crippen LogP contribution in [0, 0.1) is 11.3 Å². The number of carbonyl (C=O) groups is 1. The van der Waals surface area contributed by atoms with Crippen LogP contribution in [0.1, 0.15) is 24.9 Å². The lowest BCUT2D eigenvalue weighted by Gasteiger charge is -2.37. The van der Waals surface area contributed by atoms with Crippen LogP contribution in [0.25, 0.3) is 11.1 Å². The second-order valence-electron chi connectivity index (χ2n) is 7.89. The largest absolute Gasteiger partial charge is 0.408 e. The Kier molecular flexibility index (Phi) is 8.06. The zero-order valence-electron chi connectivity index (χ0n) is 18.2. The molecule has 2 atom stereocenters. The number of hydrogen-bond donors (Lipinski definition) is 1. The van der Waals surface area contributed by atoms with Gasteiger partial charge in [0.15, 0.2) is 9.84 Å². The van der Waals surface area contributed by atoms with Gasteiger partial charge in [-0.2, -0.15) is 18.4 Å². The van der Waals surface area contributed by atoms with E-state index in [9.17, 15) is 35.2 Å². The molecule has 0 aliphatic heterocycles. The summed E-state index contributed by atoms with van der Waals surface area (Å²) >= 11 is 0. The quantitative estimate of drug-likeness (QED) is 0.410. The normalized spacial score (nSPS) is 14.4. The Morgan fingerprint density at radius 2 is 1.50 bits per heavy atom. The second-order valence-corrected chi connectivity index (χ2v) is 9.90. The fourth-order valence-corrected chi connectivity index (χ4v) is 4.14. The number of benzene rings is 2. The Balaban J connectivity index is 2.50. The molecular formula is C22H22F5N3O3S. The number of nitrogens with zero attached hydrogens (tertiary/aromatic N) is 2. The van der Waals surface area contributed by atoms with Crippen molar-refractivity contribution < 1.29 is 35.2 Å². The maximum atomic E-state index is 14.1. The molecular weight excluding hydrogens is 481 g/mol. The predicted molar refractivity (Wildman–Crippen MR) is 114 cm³/mol. The zero-order chi connectivity index (χ0) is 25.9. The van der Waals surface area contributed by atoms with E-state index in [2.05, 4.69) is 0 Å². The summed E-state index contributed by atoms with van der Waals surface area (Å²) in [5, 5.41) is 9.06. The van der Waals surface area contributed by atoms with Crippen molar-refractivity contribution in [1.82, 2.24) is 4.90 Å². The van der Waals surface area contributed by atoms with Gasteiger partial charge in [0, 0.05) is 12.7 Å². The maximum absolute atomic E-state index is 14.1. The number of halogens is 5. The van der Waals surface area contributed by atoms with E-state index in [-0.39, 0.29) is 10.5 Å². The fourth-order valence-electron chi connectivity index (χ4n) is 3.50. The van der Waals surface area contributed by atoms with Crippen molar-refractivity contribution in [3.8, 4) is 17.2 Å². The third-order valence-corrected chi connectivity index (χ3v) is 6.15. The molecule has 0 spiro atoms. The van der Waals surface area contributed by atoms with Crippen molar-refractivity contribution in [1.29, 1.82) is 5.26 Å². The highest BCUT2D eigenvalue weighted by molar-refractivity contribution is 7.90. The summed E-state index contributed by atoms with van der Waals surface area (Å²) < 4.78 is 92.6. The first-order chi connectivity index (χ1) is 15.5.